The number of carboxylic acid groups (broad SMARTS) is 1. The van der Waals surface area contributed by atoms with Gasteiger partial charge in [0.2, 0.25) is 0 Å². The van der Waals surface area contributed by atoms with E-state index in [2.05, 4.69) is 25.6 Å². The van der Waals surface area contributed by atoms with Crippen molar-refractivity contribution in [3.05, 3.63) is 6.33 Å². The van der Waals surface area contributed by atoms with E-state index >= 15 is 0 Å². The molecule has 170 valence electrons. The predicted octanol–water partition coefficient (Wildman–Crippen LogP) is -1.88. The van der Waals surface area contributed by atoms with Gasteiger partial charge < -0.3 is 35.6 Å². The van der Waals surface area contributed by atoms with E-state index in [1.165, 1.54) is 17.8 Å². The molecule has 3 unspecified atom stereocenters. The average molecular weight is 458 g/mol. The van der Waals surface area contributed by atoms with Crippen molar-refractivity contribution in [1.29, 1.82) is 0 Å². The highest BCUT2D eigenvalue weighted by Crippen LogP contribution is 2.33. The first-order chi connectivity index (χ1) is 14.7. The standard InChI is InChI=1S/C16H22N6O8S/c1-5(24)7(14(27)28)18-15(29)19-11-8-12(21-16(20-11)31-2)22(4-17-8)13-10(26)9(25)6(3-23)30-13/h4-7,9-10,13,23-26H,3H2,1-2H3,(H,27,28)(H2,18,19,20,21,29)/t5?,6-,7?,9?,10+,13-/m1/s1. The topological polar surface area (TPSA) is 212 Å². The summed E-state index contributed by atoms with van der Waals surface area (Å²) >= 11 is 1.15. The SMILES string of the molecule is CSc1nc(NC(=O)NC(C(=O)O)C(C)O)c2ncn([C@@H]3O[C@H](CO)C(O)[C@@H]3O)c2n1. The van der Waals surface area contributed by atoms with Crippen molar-refractivity contribution in [2.24, 2.45) is 0 Å². The molecule has 1 fully saturated rings. The normalized spacial score (nSPS) is 25.4. The summed E-state index contributed by atoms with van der Waals surface area (Å²) in [6, 6.07) is -2.49. The number of anilines is 1. The van der Waals surface area contributed by atoms with Gasteiger partial charge in [0.05, 0.1) is 19.0 Å². The van der Waals surface area contributed by atoms with Gasteiger partial charge >= 0.3 is 12.0 Å². The first-order valence-electron chi connectivity index (χ1n) is 9.07. The zero-order chi connectivity index (χ0) is 22.9. The van der Waals surface area contributed by atoms with Gasteiger partial charge in [0.15, 0.2) is 34.4 Å². The third-order valence-electron chi connectivity index (χ3n) is 4.64. The highest BCUT2D eigenvalue weighted by molar-refractivity contribution is 7.98. The third kappa shape index (κ3) is 4.56. The van der Waals surface area contributed by atoms with Gasteiger partial charge in [0, 0.05) is 0 Å². The Kier molecular flexibility index (Phi) is 6.93. The van der Waals surface area contributed by atoms with Crippen LogP contribution in [0.3, 0.4) is 0 Å². The number of nitrogens with zero attached hydrogens (tertiary/aromatic N) is 4. The molecular weight excluding hydrogens is 436 g/mol. The van der Waals surface area contributed by atoms with E-state index < -0.39 is 55.3 Å². The number of hydrogen-bond donors (Lipinski definition) is 7. The number of carbonyl (C=O) groups is 2. The number of thioether (sulfide) groups is 1. The zero-order valence-electron chi connectivity index (χ0n) is 16.4. The van der Waals surface area contributed by atoms with Gasteiger partial charge in [-0.05, 0) is 13.2 Å². The maximum atomic E-state index is 12.3. The van der Waals surface area contributed by atoms with Crippen LogP contribution < -0.4 is 10.6 Å². The lowest BCUT2D eigenvalue weighted by Gasteiger charge is -2.18. The first kappa shape index (κ1) is 23.1. The van der Waals surface area contributed by atoms with E-state index in [-0.39, 0.29) is 22.1 Å². The lowest BCUT2D eigenvalue weighted by molar-refractivity contribution is -0.141. The van der Waals surface area contributed by atoms with Crippen molar-refractivity contribution >= 4 is 40.7 Å². The molecular formula is C16H22N6O8S. The molecule has 0 aliphatic carbocycles. The Morgan fingerprint density at radius 1 is 1.32 bits per heavy atom. The second-order valence-corrected chi connectivity index (χ2v) is 7.54. The van der Waals surface area contributed by atoms with Gasteiger partial charge in [-0.1, -0.05) is 11.8 Å². The summed E-state index contributed by atoms with van der Waals surface area (Å²) < 4.78 is 6.83. The minimum atomic E-state index is -1.55. The summed E-state index contributed by atoms with van der Waals surface area (Å²) in [6.45, 7) is 0.712. The Morgan fingerprint density at radius 3 is 2.58 bits per heavy atom. The number of rotatable bonds is 7. The second-order valence-electron chi connectivity index (χ2n) is 6.77. The Morgan fingerprint density at radius 2 is 2.03 bits per heavy atom. The molecule has 1 saturated heterocycles. The fourth-order valence-corrected chi connectivity index (χ4v) is 3.40. The number of imidazole rings is 1. The number of fused-ring (bicyclic) bond motifs is 1. The Balaban J connectivity index is 1.93. The van der Waals surface area contributed by atoms with Crippen LogP contribution in [0.5, 0.6) is 0 Å². The van der Waals surface area contributed by atoms with E-state index in [4.69, 9.17) is 9.84 Å². The molecule has 2 aromatic heterocycles. The van der Waals surface area contributed by atoms with Crippen molar-refractivity contribution in [2.75, 3.05) is 18.2 Å². The summed E-state index contributed by atoms with van der Waals surface area (Å²) in [4.78, 5) is 36.1. The van der Waals surface area contributed by atoms with Crippen molar-refractivity contribution in [2.45, 2.75) is 48.8 Å². The number of hydrogen-bond acceptors (Lipinski definition) is 11. The van der Waals surface area contributed by atoms with E-state index in [0.29, 0.717) is 0 Å². The van der Waals surface area contributed by atoms with E-state index in [1.807, 2.05) is 0 Å². The van der Waals surface area contributed by atoms with Crippen LogP contribution >= 0.6 is 11.8 Å². The Bertz CT molecular complexity index is 971. The fraction of sp³-hybridized carbons (Fsp3) is 0.562. The van der Waals surface area contributed by atoms with Gasteiger partial charge in [0.1, 0.15) is 18.3 Å². The largest absolute Gasteiger partial charge is 0.480 e. The highest BCUT2D eigenvalue weighted by Gasteiger charge is 2.44. The Labute approximate surface area is 179 Å². The summed E-state index contributed by atoms with van der Waals surface area (Å²) in [5.41, 5.74) is 0.268. The van der Waals surface area contributed by atoms with Crippen molar-refractivity contribution in [3.63, 3.8) is 0 Å². The molecule has 6 atom stereocenters. The minimum absolute atomic E-state index is 0.0490. The average Bonchev–Trinajstić information content (AvgIpc) is 3.26. The quantitative estimate of drug-likeness (QED) is 0.179. The third-order valence-corrected chi connectivity index (χ3v) is 5.19. The number of aliphatic hydroxyl groups is 4. The second kappa shape index (κ2) is 9.29. The van der Waals surface area contributed by atoms with Crippen molar-refractivity contribution in [3.8, 4) is 0 Å². The maximum absolute atomic E-state index is 12.3. The molecule has 3 heterocycles. The molecule has 0 radical (unpaired) electrons. The van der Waals surface area contributed by atoms with E-state index in [9.17, 15) is 30.0 Å². The molecule has 0 bridgehead atoms. The molecule has 2 aromatic rings. The molecule has 14 nitrogen and oxygen atoms in total. The summed E-state index contributed by atoms with van der Waals surface area (Å²) in [7, 11) is 0. The summed E-state index contributed by atoms with van der Waals surface area (Å²) in [5.74, 6) is -1.47. The van der Waals surface area contributed by atoms with Crippen LogP contribution in [-0.4, -0.2) is 100 Å². The Hall–Kier alpha value is -2.56. The van der Waals surface area contributed by atoms with Crippen LogP contribution in [0.1, 0.15) is 13.2 Å². The van der Waals surface area contributed by atoms with E-state index in [0.717, 1.165) is 11.8 Å². The minimum Gasteiger partial charge on any atom is -0.480 e. The summed E-state index contributed by atoms with van der Waals surface area (Å²) in [6.07, 6.45) is -3.20. The lowest BCUT2D eigenvalue weighted by Crippen LogP contribution is -2.49. The maximum Gasteiger partial charge on any atom is 0.328 e. The number of amides is 2. The number of nitrogens with one attached hydrogen (secondary N) is 2. The molecule has 0 spiro atoms. The number of carboxylic acids is 1. The van der Waals surface area contributed by atoms with Crippen LogP contribution in [0.2, 0.25) is 0 Å². The van der Waals surface area contributed by atoms with Crippen LogP contribution in [0, 0.1) is 0 Å². The van der Waals surface area contributed by atoms with Gasteiger partial charge in [0.25, 0.3) is 0 Å². The van der Waals surface area contributed by atoms with Crippen molar-refractivity contribution < 1.29 is 39.9 Å². The smallest absolute Gasteiger partial charge is 0.328 e. The molecule has 15 heteroatoms. The van der Waals surface area contributed by atoms with Gasteiger partial charge in [-0.2, -0.15) is 0 Å². The van der Waals surface area contributed by atoms with Crippen LogP contribution in [0.15, 0.2) is 11.5 Å². The van der Waals surface area contributed by atoms with Crippen LogP contribution in [-0.2, 0) is 9.53 Å². The van der Waals surface area contributed by atoms with Gasteiger partial charge in [-0.15, -0.1) is 0 Å². The molecule has 1 aliphatic heterocycles. The number of aromatic nitrogens is 4. The summed E-state index contributed by atoms with van der Waals surface area (Å²) in [5, 5.41) is 53.0. The molecule has 0 aromatic carbocycles. The van der Waals surface area contributed by atoms with E-state index in [1.54, 1.807) is 6.26 Å². The number of carbonyl (C=O) groups excluding carboxylic acids is 1. The molecule has 1 aliphatic rings. The number of ether oxygens (including phenoxy) is 1. The van der Waals surface area contributed by atoms with Crippen molar-refractivity contribution in [1.82, 2.24) is 24.8 Å². The molecule has 3 rings (SSSR count). The van der Waals surface area contributed by atoms with Crippen LogP contribution in [0.4, 0.5) is 10.6 Å². The number of urea groups is 1. The predicted molar refractivity (Wildman–Crippen MR) is 105 cm³/mol. The van der Waals surface area contributed by atoms with Gasteiger partial charge in [-0.3, -0.25) is 9.88 Å². The zero-order valence-corrected chi connectivity index (χ0v) is 17.2. The fourth-order valence-electron chi connectivity index (χ4n) is 3.04. The first-order valence-corrected chi connectivity index (χ1v) is 10.3. The number of aliphatic hydroxyl groups excluding tert-OH is 4. The number of aliphatic carboxylic acids is 1. The molecule has 2 amide bonds. The van der Waals surface area contributed by atoms with Gasteiger partial charge in [-0.25, -0.2) is 24.5 Å². The monoisotopic (exact) mass is 458 g/mol. The highest BCUT2D eigenvalue weighted by atomic mass is 32.2. The molecule has 31 heavy (non-hydrogen) atoms. The lowest BCUT2D eigenvalue weighted by atomic mass is 10.1. The molecule has 7 N–H and O–H groups in total. The molecule has 0 saturated carbocycles. The van der Waals surface area contributed by atoms with Crippen LogP contribution in [0.25, 0.3) is 11.2 Å².